The van der Waals surface area contributed by atoms with Gasteiger partial charge in [-0.1, -0.05) is 46.3 Å². The minimum atomic E-state index is -0.0690. The molecular formula is C16H14BrNO. The van der Waals surface area contributed by atoms with Crippen LogP contribution >= 0.6 is 15.9 Å². The number of benzene rings is 2. The van der Waals surface area contributed by atoms with Crippen LogP contribution in [-0.4, -0.2) is 5.91 Å². The smallest absolute Gasteiger partial charge is 0.231 e. The molecule has 1 amide bonds. The van der Waals surface area contributed by atoms with Crippen molar-refractivity contribution in [1.82, 2.24) is 0 Å². The third-order valence-electron chi connectivity index (χ3n) is 3.57. The van der Waals surface area contributed by atoms with Gasteiger partial charge in [-0.2, -0.15) is 0 Å². The van der Waals surface area contributed by atoms with Crippen LogP contribution in [-0.2, 0) is 11.2 Å². The maximum absolute atomic E-state index is 12.3. The highest BCUT2D eigenvalue weighted by Gasteiger charge is 2.24. The Morgan fingerprint density at radius 3 is 2.58 bits per heavy atom. The number of nitrogens with one attached hydrogen (secondary N) is 1. The van der Waals surface area contributed by atoms with E-state index in [1.807, 2.05) is 42.5 Å². The molecule has 1 aliphatic heterocycles. The van der Waals surface area contributed by atoms with Crippen LogP contribution in [0.25, 0.3) is 0 Å². The second-order valence-electron chi connectivity index (χ2n) is 4.79. The molecule has 0 bridgehead atoms. The minimum Gasteiger partial charge on any atom is -0.325 e. The van der Waals surface area contributed by atoms with E-state index in [-0.39, 0.29) is 11.8 Å². The molecular weight excluding hydrogens is 302 g/mol. The first-order valence-corrected chi connectivity index (χ1v) is 7.17. The Morgan fingerprint density at radius 2 is 1.79 bits per heavy atom. The fourth-order valence-electron chi connectivity index (χ4n) is 2.52. The van der Waals surface area contributed by atoms with Crippen molar-refractivity contribution in [3.63, 3.8) is 0 Å². The SMILES string of the molecule is O=C1Nc2ccccc2CC[C@H]1c1ccc(Br)cc1. The molecule has 1 aliphatic rings. The Labute approximate surface area is 121 Å². The highest BCUT2D eigenvalue weighted by Crippen LogP contribution is 2.30. The minimum absolute atomic E-state index is 0.0690. The molecule has 3 rings (SSSR count). The predicted octanol–water partition coefficient (Wildman–Crippen LogP) is 4.12. The molecule has 0 unspecified atom stereocenters. The van der Waals surface area contributed by atoms with Crippen molar-refractivity contribution >= 4 is 27.5 Å². The fraction of sp³-hybridized carbons (Fsp3) is 0.188. The van der Waals surface area contributed by atoms with Crippen LogP contribution in [0.2, 0.25) is 0 Å². The number of hydrogen-bond acceptors (Lipinski definition) is 1. The van der Waals surface area contributed by atoms with Gasteiger partial charge in [0.2, 0.25) is 5.91 Å². The maximum atomic E-state index is 12.3. The summed E-state index contributed by atoms with van der Waals surface area (Å²) in [5.41, 5.74) is 3.25. The zero-order valence-electron chi connectivity index (χ0n) is 10.4. The molecule has 0 saturated heterocycles. The van der Waals surface area contributed by atoms with E-state index < -0.39 is 0 Å². The Bertz CT molecular complexity index is 606. The first-order chi connectivity index (χ1) is 9.24. The first-order valence-electron chi connectivity index (χ1n) is 6.38. The molecule has 1 atom stereocenters. The molecule has 2 nitrogen and oxygen atoms in total. The van der Waals surface area contributed by atoms with Crippen molar-refractivity contribution in [1.29, 1.82) is 0 Å². The lowest BCUT2D eigenvalue weighted by atomic mass is 9.93. The Hall–Kier alpha value is -1.61. The third kappa shape index (κ3) is 2.56. The Morgan fingerprint density at radius 1 is 1.05 bits per heavy atom. The van der Waals surface area contributed by atoms with Crippen LogP contribution in [0.4, 0.5) is 5.69 Å². The van der Waals surface area contributed by atoms with Gasteiger partial charge in [0.05, 0.1) is 5.92 Å². The number of para-hydroxylation sites is 1. The number of rotatable bonds is 1. The number of carbonyl (C=O) groups is 1. The quantitative estimate of drug-likeness (QED) is 0.842. The largest absolute Gasteiger partial charge is 0.325 e. The Balaban J connectivity index is 1.90. The van der Waals surface area contributed by atoms with Gasteiger partial charge >= 0.3 is 0 Å². The molecule has 2 aromatic rings. The zero-order valence-corrected chi connectivity index (χ0v) is 12.0. The lowest BCUT2D eigenvalue weighted by Gasteiger charge is -2.13. The van der Waals surface area contributed by atoms with E-state index >= 15 is 0 Å². The average Bonchev–Trinajstić information content (AvgIpc) is 2.58. The predicted molar refractivity (Wildman–Crippen MR) is 80.3 cm³/mol. The van der Waals surface area contributed by atoms with Gasteiger partial charge in [0.25, 0.3) is 0 Å². The van der Waals surface area contributed by atoms with Gasteiger partial charge in [-0.15, -0.1) is 0 Å². The number of halogens is 1. The third-order valence-corrected chi connectivity index (χ3v) is 4.10. The van der Waals surface area contributed by atoms with Crippen LogP contribution in [0.3, 0.4) is 0 Å². The van der Waals surface area contributed by atoms with E-state index in [0.29, 0.717) is 0 Å². The van der Waals surface area contributed by atoms with E-state index in [4.69, 9.17) is 0 Å². The van der Waals surface area contributed by atoms with E-state index in [9.17, 15) is 4.79 Å². The lowest BCUT2D eigenvalue weighted by molar-refractivity contribution is -0.117. The molecule has 0 radical (unpaired) electrons. The van der Waals surface area contributed by atoms with E-state index in [1.165, 1.54) is 5.56 Å². The molecule has 0 aliphatic carbocycles. The lowest BCUT2D eigenvalue weighted by Crippen LogP contribution is -2.19. The molecule has 1 heterocycles. The van der Waals surface area contributed by atoms with Gasteiger partial charge < -0.3 is 5.32 Å². The molecule has 0 saturated carbocycles. The van der Waals surface area contributed by atoms with Gasteiger partial charge in [-0.05, 0) is 42.2 Å². The summed E-state index contributed by atoms with van der Waals surface area (Å²) in [6.07, 6.45) is 1.78. The van der Waals surface area contributed by atoms with E-state index in [1.54, 1.807) is 0 Å². The monoisotopic (exact) mass is 315 g/mol. The fourth-order valence-corrected chi connectivity index (χ4v) is 2.79. The molecule has 0 fully saturated rings. The zero-order chi connectivity index (χ0) is 13.2. The summed E-state index contributed by atoms with van der Waals surface area (Å²) >= 11 is 3.42. The second kappa shape index (κ2) is 5.17. The Kier molecular flexibility index (Phi) is 3.38. The standard InChI is InChI=1S/C16H14BrNO/c17-13-8-5-11(6-9-13)14-10-7-12-3-1-2-4-15(12)18-16(14)19/h1-6,8-9,14H,7,10H2,(H,18,19)/t14-/m0/s1. The van der Waals surface area contributed by atoms with Gasteiger partial charge in [0.15, 0.2) is 0 Å². The molecule has 0 spiro atoms. The molecule has 19 heavy (non-hydrogen) atoms. The highest BCUT2D eigenvalue weighted by atomic mass is 79.9. The van der Waals surface area contributed by atoms with E-state index in [0.717, 1.165) is 28.6 Å². The van der Waals surface area contributed by atoms with Gasteiger partial charge in [-0.3, -0.25) is 4.79 Å². The summed E-state index contributed by atoms with van der Waals surface area (Å²) in [5, 5.41) is 3.03. The van der Waals surface area contributed by atoms with Crippen molar-refractivity contribution in [3.8, 4) is 0 Å². The maximum Gasteiger partial charge on any atom is 0.231 e. The van der Waals surface area contributed by atoms with Gasteiger partial charge in [-0.25, -0.2) is 0 Å². The summed E-state index contributed by atoms with van der Waals surface area (Å²) in [7, 11) is 0. The molecule has 2 aromatic carbocycles. The van der Waals surface area contributed by atoms with Crippen molar-refractivity contribution in [2.24, 2.45) is 0 Å². The second-order valence-corrected chi connectivity index (χ2v) is 5.70. The van der Waals surface area contributed by atoms with Crippen molar-refractivity contribution in [2.75, 3.05) is 5.32 Å². The van der Waals surface area contributed by atoms with Crippen LogP contribution in [0.5, 0.6) is 0 Å². The normalized spacial score (nSPS) is 18.4. The van der Waals surface area contributed by atoms with Crippen molar-refractivity contribution in [2.45, 2.75) is 18.8 Å². The summed E-state index contributed by atoms with van der Waals surface area (Å²) in [4.78, 5) is 12.3. The van der Waals surface area contributed by atoms with Gasteiger partial charge in [0.1, 0.15) is 0 Å². The van der Waals surface area contributed by atoms with Crippen LogP contribution in [0.1, 0.15) is 23.5 Å². The molecule has 1 N–H and O–H groups in total. The van der Waals surface area contributed by atoms with Crippen molar-refractivity contribution in [3.05, 3.63) is 64.1 Å². The summed E-state index contributed by atoms with van der Waals surface area (Å²) in [5.74, 6) is 0.0211. The number of aryl methyl sites for hydroxylation is 1. The van der Waals surface area contributed by atoms with E-state index in [2.05, 4.69) is 27.3 Å². The molecule has 0 aromatic heterocycles. The topological polar surface area (TPSA) is 29.1 Å². The number of fused-ring (bicyclic) bond motifs is 1. The highest BCUT2D eigenvalue weighted by molar-refractivity contribution is 9.10. The molecule has 96 valence electrons. The van der Waals surface area contributed by atoms with Gasteiger partial charge in [0, 0.05) is 10.2 Å². The first kappa shape index (κ1) is 12.4. The van der Waals surface area contributed by atoms with Crippen LogP contribution in [0, 0.1) is 0 Å². The molecule has 3 heteroatoms. The van der Waals surface area contributed by atoms with Crippen LogP contribution in [0.15, 0.2) is 53.0 Å². The summed E-state index contributed by atoms with van der Waals surface area (Å²) in [6.45, 7) is 0. The summed E-state index contributed by atoms with van der Waals surface area (Å²) in [6, 6.07) is 16.0. The summed E-state index contributed by atoms with van der Waals surface area (Å²) < 4.78 is 1.04. The number of amides is 1. The number of carbonyl (C=O) groups excluding carboxylic acids is 1. The van der Waals surface area contributed by atoms with Crippen molar-refractivity contribution < 1.29 is 4.79 Å². The number of anilines is 1. The average molecular weight is 316 g/mol. The number of hydrogen-bond donors (Lipinski definition) is 1. The van der Waals surface area contributed by atoms with Crippen LogP contribution < -0.4 is 5.32 Å².